The number of likely N-dealkylation sites (tertiary alicyclic amines) is 1. The van der Waals surface area contributed by atoms with E-state index in [0.29, 0.717) is 42.8 Å². The summed E-state index contributed by atoms with van der Waals surface area (Å²) in [5.41, 5.74) is 1.26. The average Bonchev–Trinajstić information content (AvgIpc) is 2.73. The molecule has 2 aromatic rings. The zero-order valence-corrected chi connectivity index (χ0v) is 15.1. The molecule has 0 bridgehead atoms. The van der Waals surface area contributed by atoms with Gasteiger partial charge in [0.15, 0.2) is 5.78 Å². The molecule has 136 valence electrons. The predicted octanol–water partition coefficient (Wildman–Crippen LogP) is 3.44. The predicted molar refractivity (Wildman–Crippen MR) is 98.9 cm³/mol. The SMILES string of the molecule is COc1ccc(C(=O)C2CCN(C(=O)c3ccccc3OC)CC2)cc1. The highest BCUT2D eigenvalue weighted by molar-refractivity contribution is 5.99. The lowest BCUT2D eigenvalue weighted by Crippen LogP contribution is -2.40. The Kier molecular flexibility index (Phi) is 5.56. The third-order valence-corrected chi connectivity index (χ3v) is 4.86. The van der Waals surface area contributed by atoms with E-state index in [4.69, 9.17) is 9.47 Å². The van der Waals surface area contributed by atoms with Gasteiger partial charge in [-0.05, 0) is 49.2 Å². The molecule has 1 amide bonds. The lowest BCUT2D eigenvalue weighted by Gasteiger charge is -2.31. The number of rotatable bonds is 5. The van der Waals surface area contributed by atoms with E-state index in [-0.39, 0.29) is 17.6 Å². The summed E-state index contributed by atoms with van der Waals surface area (Å²) < 4.78 is 10.4. The summed E-state index contributed by atoms with van der Waals surface area (Å²) >= 11 is 0. The van der Waals surface area contributed by atoms with E-state index in [9.17, 15) is 9.59 Å². The highest BCUT2D eigenvalue weighted by atomic mass is 16.5. The number of hydrogen-bond donors (Lipinski definition) is 0. The van der Waals surface area contributed by atoms with Gasteiger partial charge in [-0.15, -0.1) is 0 Å². The molecule has 0 aliphatic carbocycles. The van der Waals surface area contributed by atoms with Crippen LogP contribution in [-0.2, 0) is 0 Å². The van der Waals surface area contributed by atoms with Crippen LogP contribution in [0.1, 0.15) is 33.6 Å². The quantitative estimate of drug-likeness (QED) is 0.773. The van der Waals surface area contributed by atoms with Crippen molar-refractivity contribution in [1.82, 2.24) is 4.90 Å². The minimum Gasteiger partial charge on any atom is -0.497 e. The molecular formula is C21H23NO4. The fourth-order valence-electron chi connectivity index (χ4n) is 3.33. The first-order valence-electron chi connectivity index (χ1n) is 8.74. The molecule has 0 aromatic heterocycles. The first kappa shape index (κ1) is 18.0. The monoisotopic (exact) mass is 353 g/mol. The molecule has 2 aromatic carbocycles. The molecule has 1 aliphatic rings. The molecule has 3 rings (SSSR count). The number of carbonyl (C=O) groups is 2. The number of methoxy groups -OCH3 is 2. The van der Waals surface area contributed by atoms with E-state index < -0.39 is 0 Å². The van der Waals surface area contributed by atoms with Crippen LogP contribution >= 0.6 is 0 Å². The largest absolute Gasteiger partial charge is 0.497 e. The molecule has 0 N–H and O–H groups in total. The minimum absolute atomic E-state index is 0.0437. The standard InChI is InChI=1S/C21H23NO4/c1-25-17-9-7-15(8-10-17)20(23)16-11-13-22(14-12-16)21(24)18-5-3-4-6-19(18)26-2/h3-10,16H,11-14H2,1-2H3. The second kappa shape index (κ2) is 8.04. The lowest BCUT2D eigenvalue weighted by atomic mass is 9.88. The molecule has 0 atom stereocenters. The van der Waals surface area contributed by atoms with E-state index in [1.165, 1.54) is 0 Å². The van der Waals surface area contributed by atoms with Gasteiger partial charge in [0.1, 0.15) is 11.5 Å². The van der Waals surface area contributed by atoms with E-state index in [0.717, 1.165) is 5.75 Å². The maximum Gasteiger partial charge on any atom is 0.257 e. The molecule has 1 saturated heterocycles. The van der Waals surface area contributed by atoms with Gasteiger partial charge in [0.25, 0.3) is 5.91 Å². The second-order valence-electron chi connectivity index (χ2n) is 6.36. The number of nitrogens with zero attached hydrogens (tertiary/aromatic N) is 1. The van der Waals surface area contributed by atoms with Crippen LogP contribution in [0.15, 0.2) is 48.5 Å². The number of carbonyl (C=O) groups excluding carboxylic acids is 2. The summed E-state index contributed by atoms with van der Waals surface area (Å²) in [6.07, 6.45) is 1.34. The molecule has 5 heteroatoms. The zero-order valence-electron chi connectivity index (χ0n) is 15.1. The summed E-state index contributed by atoms with van der Waals surface area (Å²) in [6.45, 7) is 1.15. The molecule has 0 unspecified atom stereocenters. The summed E-state index contributed by atoms with van der Waals surface area (Å²) in [4.78, 5) is 27.2. The summed E-state index contributed by atoms with van der Waals surface area (Å²) in [5, 5.41) is 0. The van der Waals surface area contributed by atoms with Gasteiger partial charge in [0.2, 0.25) is 0 Å². The van der Waals surface area contributed by atoms with Crippen molar-refractivity contribution in [2.45, 2.75) is 12.8 Å². The maximum absolute atomic E-state index is 12.7. The van der Waals surface area contributed by atoms with Gasteiger partial charge < -0.3 is 14.4 Å². The van der Waals surface area contributed by atoms with Gasteiger partial charge in [-0.25, -0.2) is 0 Å². The van der Waals surface area contributed by atoms with Crippen molar-refractivity contribution in [1.29, 1.82) is 0 Å². The van der Waals surface area contributed by atoms with Crippen molar-refractivity contribution < 1.29 is 19.1 Å². The van der Waals surface area contributed by atoms with E-state index in [1.807, 2.05) is 12.1 Å². The Morgan fingerprint density at radius 3 is 2.19 bits per heavy atom. The highest BCUT2D eigenvalue weighted by Crippen LogP contribution is 2.26. The van der Waals surface area contributed by atoms with Crippen molar-refractivity contribution in [3.63, 3.8) is 0 Å². The van der Waals surface area contributed by atoms with Crippen LogP contribution in [0.2, 0.25) is 0 Å². The van der Waals surface area contributed by atoms with E-state index >= 15 is 0 Å². The third-order valence-electron chi connectivity index (χ3n) is 4.86. The fourth-order valence-corrected chi connectivity index (χ4v) is 3.33. The number of benzene rings is 2. The number of ether oxygens (including phenoxy) is 2. The minimum atomic E-state index is -0.0508. The van der Waals surface area contributed by atoms with Gasteiger partial charge in [-0.1, -0.05) is 12.1 Å². The first-order chi connectivity index (χ1) is 12.6. The average molecular weight is 353 g/mol. The van der Waals surface area contributed by atoms with Crippen LogP contribution in [0.3, 0.4) is 0 Å². The Balaban J connectivity index is 1.63. The highest BCUT2D eigenvalue weighted by Gasteiger charge is 2.29. The van der Waals surface area contributed by atoms with Crippen molar-refractivity contribution in [3.05, 3.63) is 59.7 Å². The van der Waals surface area contributed by atoms with E-state index in [1.54, 1.807) is 55.5 Å². The van der Waals surface area contributed by atoms with Gasteiger partial charge in [-0.3, -0.25) is 9.59 Å². The summed E-state index contributed by atoms with van der Waals surface area (Å²) in [5.74, 6) is 1.35. The summed E-state index contributed by atoms with van der Waals surface area (Å²) in [6, 6.07) is 14.4. The maximum atomic E-state index is 12.7. The Morgan fingerprint density at radius 1 is 0.923 bits per heavy atom. The number of amides is 1. The molecule has 0 radical (unpaired) electrons. The fraction of sp³-hybridized carbons (Fsp3) is 0.333. The number of Topliss-reactive ketones (excluding diaryl/α,β-unsaturated/α-hetero) is 1. The number of ketones is 1. The normalized spacial score (nSPS) is 14.8. The van der Waals surface area contributed by atoms with E-state index in [2.05, 4.69) is 0 Å². The van der Waals surface area contributed by atoms with Crippen molar-refractivity contribution >= 4 is 11.7 Å². The van der Waals surface area contributed by atoms with Crippen LogP contribution in [-0.4, -0.2) is 43.9 Å². The Hall–Kier alpha value is -2.82. The topological polar surface area (TPSA) is 55.8 Å². The van der Waals surface area contributed by atoms with Crippen molar-refractivity contribution in [2.24, 2.45) is 5.92 Å². The number of para-hydroxylation sites is 1. The van der Waals surface area contributed by atoms with Gasteiger partial charge >= 0.3 is 0 Å². The van der Waals surface area contributed by atoms with Crippen molar-refractivity contribution in [2.75, 3.05) is 27.3 Å². The van der Waals surface area contributed by atoms with Crippen LogP contribution < -0.4 is 9.47 Å². The zero-order chi connectivity index (χ0) is 18.5. The second-order valence-corrected chi connectivity index (χ2v) is 6.36. The molecule has 1 fully saturated rings. The van der Waals surface area contributed by atoms with Gasteiger partial charge in [-0.2, -0.15) is 0 Å². The van der Waals surface area contributed by atoms with Crippen LogP contribution in [0.4, 0.5) is 0 Å². The number of hydrogen-bond acceptors (Lipinski definition) is 4. The summed E-state index contributed by atoms with van der Waals surface area (Å²) in [7, 11) is 3.16. The van der Waals surface area contributed by atoms with Crippen molar-refractivity contribution in [3.8, 4) is 11.5 Å². The lowest BCUT2D eigenvalue weighted by molar-refractivity contribution is 0.0647. The Morgan fingerprint density at radius 2 is 1.58 bits per heavy atom. The molecule has 0 spiro atoms. The van der Waals surface area contributed by atoms with Crippen LogP contribution in [0.5, 0.6) is 11.5 Å². The molecule has 1 aliphatic heterocycles. The van der Waals surface area contributed by atoms with Crippen LogP contribution in [0, 0.1) is 5.92 Å². The smallest absolute Gasteiger partial charge is 0.257 e. The third kappa shape index (κ3) is 3.72. The Labute approximate surface area is 153 Å². The first-order valence-corrected chi connectivity index (χ1v) is 8.74. The number of piperidine rings is 1. The molecular weight excluding hydrogens is 330 g/mol. The van der Waals surface area contributed by atoms with Gasteiger partial charge in [0.05, 0.1) is 19.8 Å². The van der Waals surface area contributed by atoms with Gasteiger partial charge in [0, 0.05) is 24.6 Å². The molecule has 26 heavy (non-hydrogen) atoms. The molecule has 5 nitrogen and oxygen atoms in total. The molecule has 0 saturated carbocycles. The molecule has 1 heterocycles. The van der Waals surface area contributed by atoms with Crippen LogP contribution in [0.25, 0.3) is 0 Å². The Bertz CT molecular complexity index is 777.